The predicted molar refractivity (Wildman–Crippen MR) is 142 cm³/mol. The largest absolute Gasteiger partial charge is 0.493 e. The second-order valence-corrected chi connectivity index (χ2v) is 9.66. The summed E-state index contributed by atoms with van der Waals surface area (Å²) in [5.74, 6) is 1.12. The number of nitrogens with zero attached hydrogens (tertiary/aromatic N) is 3. The first-order valence-corrected chi connectivity index (χ1v) is 13.1. The molecule has 0 bridgehead atoms. The van der Waals surface area contributed by atoms with Gasteiger partial charge in [-0.3, -0.25) is 9.59 Å². The summed E-state index contributed by atoms with van der Waals surface area (Å²) in [6.07, 6.45) is 8.39. The van der Waals surface area contributed by atoms with E-state index in [4.69, 9.17) is 19.0 Å². The average molecular weight is 517 g/mol. The summed E-state index contributed by atoms with van der Waals surface area (Å²) in [6, 6.07) is 13.2. The molecule has 9 nitrogen and oxygen atoms in total. The van der Waals surface area contributed by atoms with Crippen molar-refractivity contribution in [3.63, 3.8) is 0 Å². The molecule has 1 aliphatic heterocycles. The first-order chi connectivity index (χ1) is 18.5. The Kier molecular flexibility index (Phi) is 7.72. The molecule has 1 fully saturated rings. The lowest BCUT2D eigenvalue weighted by atomic mass is 9.89. The van der Waals surface area contributed by atoms with Crippen LogP contribution in [0.5, 0.6) is 11.5 Å². The fraction of sp³-hybridized carbons (Fsp3) is 0.379. The van der Waals surface area contributed by atoms with E-state index in [1.54, 1.807) is 13.2 Å². The third-order valence-electron chi connectivity index (χ3n) is 7.05. The zero-order chi connectivity index (χ0) is 26.5. The molecule has 2 heterocycles. The van der Waals surface area contributed by atoms with Gasteiger partial charge in [0.15, 0.2) is 17.9 Å². The summed E-state index contributed by atoms with van der Waals surface area (Å²) in [6.45, 7) is 2.36. The molecule has 0 saturated heterocycles. The van der Waals surface area contributed by atoms with E-state index in [1.165, 1.54) is 30.4 Å². The van der Waals surface area contributed by atoms with E-state index in [0.717, 1.165) is 36.1 Å². The van der Waals surface area contributed by atoms with Crippen molar-refractivity contribution >= 4 is 23.2 Å². The molecule has 1 aromatic heterocycles. The molecule has 9 heteroatoms. The van der Waals surface area contributed by atoms with Crippen LogP contribution in [0.1, 0.15) is 67.1 Å². The zero-order valence-corrected chi connectivity index (χ0v) is 21.7. The standard InChI is InChI=1S/C29H32N4O5/c1-3-20-15-27(34)33(17-19-7-6-8-22(13-19)31-29(35)26-16-30-18-37-26)32-28(20)21-11-12-24(36-2)25(14-21)38-23-9-4-5-10-23/h6-8,11-14,16,18,20,23H,3-5,9-10,15,17H2,1-2H3,(H,31,35). The van der Waals surface area contributed by atoms with Gasteiger partial charge in [-0.1, -0.05) is 19.1 Å². The number of ether oxygens (including phenoxy) is 2. The van der Waals surface area contributed by atoms with E-state index < -0.39 is 5.91 Å². The van der Waals surface area contributed by atoms with Crippen LogP contribution in [0.2, 0.25) is 0 Å². The van der Waals surface area contributed by atoms with Gasteiger partial charge >= 0.3 is 0 Å². The third-order valence-corrected chi connectivity index (χ3v) is 7.05. The van der Waals surface area contributed by atoms with Crippen molar-refractivity contribution in [2.45, 2.75) is 58.1 Å². The first kappa shape index (κ1) is 25.5. The van der Waals surface area contributed by atoms with Crippen LogP contribution in [0.4, 0.5) is 5.69 Å². The van der Waals surface area contributed by atoms with Crippen molar-refractivity contribution in [3.05, 3.63) is 71.9 Å². The van der Waals surface area contributed by atoms with Crippen molar-refractivity contribution in [2.75, 3.05) is 12.4 Å². The molecule has 38 heavy (non-hydrogen) atoms. The maximum Gasteiger partial charge on any atom is 0.293 e. The first-order valence-electron chi connectivity index (χ1n) is 13.1. The summed E-state index contributed by atoms with van der Waals surface area (Å²) in [4.78, 5) is 29.1. The van der Waals surface area contributed by atoms with Crippen LogP contribution >= 0.6 is 0 Å². The van der Waals surface area contributed by atoms with E-state index in [1.807, 2.05) is 36.4 Å². The van der Waals surface area contributed by atoms with Crippen molar-refractivity contribution in [2.24, 2.45) is 11.0 Å². The summed E-state index contributed by atoms with van der Waals surface area (Å²) in [7, 11) is 1.64. The summed E-state index contributed by atoms with van der Waals surface area (Å²) in [5, 5.41) is 9.14. The second-order valence-electron chi connectivity index (χ2n) is 9.66. The molecule has 1 atom stereocenters. The number of nitrogens with one attached hydrogen (secondary N) is 1. The fourth-order valence-corrected chi connectivity index (χ4v) is 4.99. The highest BCUT2D eigenvalue weighted by Gasteiger charge is 2.30. The van der Waals surface area contributed by atoms with Gasteiger partial charge in [-0.05, 0) is 68.0 Å². The highest BCUT2D eigenvalue weighted by molar-refractivity contribution is 6.06. The number of amides is 2. The number of hydrogen-bond acceptors (Lipinski definition) is 7. The van der Waals surface area contributed by atoms with Crippen molar-refractivity contribution < 1.29 is 23.5 Å². The van der Waals surface area contributed by atoms with Crippen LogP contribution in [0, 0.1) is 5.92 Å². The van der Waals surface area contributed by atoms with Crippen LogP contribution in [-0.2, 0) is 11.3 Å². The topological polar surface area (TPSA) is 106 Å². The minimum atomic E-state index is -0.394. The molecule has 1 saturated carbocycles. The highest BCUT2D eigenvalue weighted by Crippen LogP contribution is 2.35. The van der Waals surface area contributed by atoms with Crippen LogP contribution in [0.15, 0.2) is 64.6 Å². The minimum absolute atomic E-state index is 0.0130. The summed E-state index contributed by atoms with van der Waals surface area (Å²) in [5.41, 5.74) is 3.22. The molecule has 0 radical (unpaired) electrons. The van der Waals surface area contributed by atoms with Crippen molar-refractivity contribution in [3.8, 4) is 11.5 Å². The van der Waals surface area contributed by atoms with Crippen LogP contribution in [0.25, 0.3) is 0 Å². The number of anilines is 1. The maximum absolute atomic E-state index is 13.0. The SMILES string of the molecule is CCC1CC(=O)N(Cc2cccc(NC(=O)c3cnco3)c2)N=C1c1ccc(OC)c(OC2CCCC2)c1. The van der Waals surface area contributed by atoms with E-state index in [2.05, 4.69) is 17.2 Å². The van der Waals surface area contributed by atoms with Crippen LogP contribution < -0.4 is 14.8 Å². The molecule has 0 spiro atoms. The molecular weight excluding hydrogens is 484 g/mol. The Labute approximate surface area is 221 Å². The highest BCUT2D eigenvalue weighted by atomic mass is 16.5. The molecule has 2 aliphatic rings. The quantitative estimate of drug-likeness (QED) is 0.407. The Morgan fingerprint density at radius 3 is 2.74 bits per heavy atom. The smallest absolute Gasteiger partial charge is 0.293 e. The summed E-state index contributed by atoms with van der Waals surface area (Å²) >= 11 is 0. The van der Waals surface area contributed by atoms with Gasteiger partial charge < -0.3 is 19.2 Å². The number of hydrogen-bond donors (Lipinski definition) is 1. The molecule has 2 aromatic carbocycles. The number of oxazole rings is 1. The average Bonchev–Trinajstić information content (AvgIpc) is 3.65. The third kappa shape index (κ3) is 5.72. The van der Waals surface area contributed by atoms with E-state index in [9.17, 15) is 9.59 Å². The number of benzene rings is 2. The van der Waals surface area contributed by atoms with Gasteiger partial charge in [-0.25, -0.2) is 9.99 Å². The molecule has 198 valence electrons. The lowest BCUT2D eigenvalue weighted by Crippen LogP contribution is -2.36. The van der Waals surface area contributed by atoms with E-state index >= 15 is 0 Å². The normalized spacial score (nSPS) is 17.8. The van der Waals surface area contributed by atoms with Gasteiger partial charge in [0.1, 0.15) is 0 Å². The van der Waals surface area contributed by atoms with Crippen molar-refractivity contribution in [1.29, 1.82) is 0 Å². The molecule has 1 aliphatic carbocycles. The van der Waals surface area contributed by atoms with Crippen LogP contribution in [-0.4, -0.2) is 40.7 Å². The Balaban J connectivity index is 1.38. The molecule has 2 amide bonds. The lowest BCUT2D eigenvalue weighted by molar-refractivity contribution is -0.133. The fourth-order valence-electron chi connectivity index (χ4n) is 4.99. The van der Waals surface area contributed by atoms with Gasteiger partial charge in [0.05, 0.1) is 31.7 Å². The van der Waals surface area contributed by atoms with Gasteiger partial charge in [0, 0.05) is 23.6 Å². The monoisotopic (exact) mass is 516 g/mol. The van der Waals surface area contributed by atoms with E-state index in [0.29, 0.717) is 23.6 Å². The number of hydrazone groups is 1. The Morgan fingerprint density at radius 1 is 1.16 bits per heavy atom. The number of aromatic nitrogens is 1. The lowest BCUT2D eigenvalue weighted by Gasteiger charge is -2.29. The van der Waals surface area contributed by atoms with Gasteiger partial charge in [0.2, 0.25) is 11.7 Å². The maximum atomic E-state index is 13.0. The number of methoxy groups -OCH3 is 1. The van der Waals surface area contributed by atoms with E-state index in [-0.39, 0.29) is 30.2 Å². The van der Waals surface area contributed by atoms with Gasteiger partial charge in [-0.15, -0.1) is 0 Å². The molecule has 5 rings (SSSR count). The van der Waals surface area contributed by atoms with Crippen molar-refractivity contribution in [1.82, 2.24) is 9.99 Å². The van der Waals surface area contributed by atoms with Gasteiger partial charge in [0.25, 0.3) is 5.91 Å². The summed E-state index contributed by atoms with van der Waals surface area (Å²) < 4.78 is 16.9. The zero-order valence-electron chi connectivity index (χ0n) is 21.7. The number of rotatable bonds is 9. The van der Waals surface area contributed by atoms with Gasteiger partial charge in [-0.2, -0.15) is 5.10 Å². The molecule has 1 unspecified atom stereocenters. The second kappa shape index (κ2) is 11.5. The Bertz CT molecular complexity index is 1310. The number of carbonyl (C=O) groups excluding carboxylic acids is 2. The minimum Gasteiger partial charge on any atom is -0.493 e. The predicted octanol–water partition coefficient (Wildman–Crippen LogP) is 5.42. The Morgan fingerprint density at radius 2 is 2.00 bits per heavy atom. The Hall–Kier alpha value is -4.14. The molecular formula is C29H32N4O5. The molecule has 1 N–H and O–H groups in total. The number of carbonyl (C=O) groups is 2. The van der Waals surface area contributed by atoms with Crippen LogP contribution in [0.3, 0.4) is 0 Å². The molecule has 3 aromatic rings.